The molecule has 1 N–H and O–H groups in total. The Labute approximate surface area is 215 Å². The van der Waals surface area contributed by atoms with Gasteiger partial charge in [-0.2, -0.15) is 0 Å². The first-order valence-corrected chi connectivity index (χ1v) is 11.3. The lowest BCUT2D eigenvalue weighted by Gasteiger charge is -2.18. The van der Waals surface area contributed by atoms with E-state index in [1.165, 1.54) is 17.0 Å². The zero-order valence-electron chi connectivity index (χ0n) is 17.5. The third kappa shape index (κ3) is 4.50. The van der Waals surface area contributed by atoms with Gasteiger partial charge in [-0.3, -0.25) is 14.4 Å². The fourth-order valence-corrected chi connectivity index (χ4v) is 4.15. The zero-order valence-corrected chi connectivity index (χ0v) is 20.5. The first-order valence-electron chi connectivity index (χ1n) is 9.82. The van der Waals surface area contributed by atoms with Gasteiger partial charge in [0.25, 0.3) is 17.7 Å². The topological polar surface area (TPSA) is 69.7 Å². The predicted octanol–water partition coefficient (Wildman–Crippen LogP) is 6.36. The van der Waals surface area contributed by atoms with Gasteiger partial charge in [-0.15, -0.1) is 0 Å². The van der Waals surface area contributed by atoms with Crippen LogP contribution in [0.15, 0.2) is 77.5 Å². The van der Waals surface area contributed by atoms with Gasteiger partial charge in [0, 0.05) is 24.0 Å². The van der Waals surface area contributed by atoms with Crippen LogP contribution in [0.3, 0.4) is 0 Å². The highest BCUT2D eigenvalue weighted by molar-refractivity contribution is 6.54. The molecule has 0 aromatic heterocycles. The van der Waals surface area contributed by atoms with Crippen molar-refractivity contribution in [3.05, 3.63) is 98.1 Å². The molecule has 3 amide bonds. The number of carbonyl (C=O) groups is 3. The Morgan fingerprint density at radius 2 is 1.44 bits per heavy atom. The van der Waals surface area contributed by atoms with E-state index in [4.69, 9.17) is 46.4 Å². The van der Waals surface area contributed by atoms with Gasteiger partial charge < -0.3 is 10.2 Å². The molecule has 0 unspecified atom stereocenters. The number of nitrogens with one attached hydrogen (secondary N) is 1. The second-order valence-electron chi connectivity index (χ2n) is 7.25. The molecule has 0 fully saturated rings. The summed E-state index contributed by atoms with van der Waals surface area (Å²) >= 11 is 24.3. The molecule has 1 aliphatic rings. The highest BCUT2D eigenvalue weighted by Gasteiger charge is 2.40. The molecule has 0 aliphatic carbocycles. The highest BCUT2D eigenvalue weighted by Crippen LogP contribution is 2.38. The average Bonchev–Trinajstić information content (AvgIpc) is 3.04. The molecule has 4 rings (SSSR count). The summed E-state index contributed by atoms with van der Waals surface area (Å²) < 4.78 is 0. The molecule has 0 saturated carbocycles. The summed E-state index contributed by atoms with van der Waals surface area (Å²) in [6.07, 6.45) is 0. The maximum Gasteiger partial charge on any atom is 0.283 e. The molecule has 3 aromatic carbocycles. The number of hydrogen-bond donors (Lipinski definition) is 1. The normalized spacial score (nSPS) is 13.5. The van der Waals surface area contributed by atoms with Crippen LogP contribution in [0, 0.1) is 0 Å². The van der Waals surface area contributed by atoms with Crippen molar-refractivity contribution in [2.24, 2.45) is 0 Å². The Hall–Kier alpha value is -3.03. The van der Waals surface area contributed by atoms with E-state index < -0.39 is 11.8 Å². The number of carbonyl (C=O) groups excluding carboxylic acids is 3. The van der Waals surface area contributed by atoms with Gasteiger partial charge in [0.1, 0.15) is 10.7 Å². The van der Waals surface area contributed by atoms with Crippen LogP contribution in [0.25, 0.3) is 0 Å². The summed E-state index contributed by atoms with van der Waals surface area (Å²) in [6.45, 7) is 0. The molecule has 6 nitrogen and oxygen atoms in total. The maximum atomic E-state index is 13.0. The fourth-order valence-electron chi connectivity index (χ4n) is 3.32. The number of amides is 3. The van der Waals surface area contributed by atoms with Crippen LogP contribution < -0.4 is 15.1 Å². The fraction of sp³-hybridized carbons (Fsp3) is 0.0417. The molecular weight excluding hydrogens is 520 g/mol. The van der Waals surface area contributed by atoms with Crippen LogP contribution in [-0.4, -0.2) is 24.8 Å². The number of nitrogens with zero attached hydrogens (tertiary/aromatic N) is 2. The van der Waals surface area contributed by atoms with E-state index in [0.717, 1.165) is 10.6 Å². The van der Waals surface area contributed by atoms with Crippen molar-refractivity contribution < 1.29 is 14.4 Å². The van der Waals surface area contributed by atoms with Crippen LogP contribution in [0.1, 0.15) is 10.4 Å². The van der Waals surface area contributed by atoms with Gasteiger partial charge in [-0.25, -0.2) is 4.90 Å². The van der Waals surface area contributed by atoms with Crippen molar-refractivity contribution in [3.63, 3.8) is 0 Å². The lowest BCUT2D eigenvalue weighted by molar-refractivity contribution is -0.120. The minimum absolute atomic E-state index is 0.0610. The quantitative estimate of drug-likeness (QED) is 0.305. The number of rotatable bonds is 5. The van der Waals surface area contributed by atoms with E-state index >= 15 is 0 Å². The molecule has 10 heteroatoms. The first kappa shape index (κ1) is 24.1. The van der Waals surface area contributed by atoms with Crippen molar-refractivity contribution in [1.29, 1.82) is 0 Å². The third-order valence-corrected chi connectivity index (χ3v) is 6.48. The molecule has 0 bridgehead atoms. The average molecular weight is 535 g/mol. The Morgan fingerprint density at radius 3 is 2.09 bits per heavy atom. The van der Waals surface area contributed by atoms with Crippen molar-refractivity contribution >= 4 is 81.2 Å². The predicted molar refractivity (Wildman–Crippen MR) is 136 cm³/mol. The second-order valence-corrected chi connectivity index (χ2v) is 8.85. The number of para-hydroxylation sites is 1. The van der Waals surface area contributed by atoms with Crippen molar-refractivity contribution in [1.82, 2.24) is 0 Å². The molecular formula is C24H15Cl4N3O3. The number of benzene rings is 3. The molecule has 172 valence electrons. The summed E-state index contributed by atoms with van der Waals surface area (Å²) in [7, 11) is 1.68. The Morgan fingerprint density at radius 1 is 0.824 bits per heavy atom. The molecule has 3 aromatic rings. The summed E-state index contributed by atoms with van der Waals surface area (Å²) in [6, 6.07) is 18.3. The van der Waals surface area contributed by atoms with Gasteiger partial charge in [-0.1, -0.05) is 64.6 Å². The van der Waals surface area contributed by atoms with Crippen LogP contribution in [-0.2, 0) is 9.59 Å². The van der Waals surface area contributed by atoms with Crippen LogP contribution in [0.2, 0.25) is 15.1 Å². The largest absolute Gasteiger partial charge is 0.350 e. The lowest BCUT2D eigenvalue weighted by Crippen LogP contribution is -2.32. The second kappa shape index (κ2) is 9.68. The lowest BCUT2D eigenvalue weighted by atomic mass is 10.1. The van der Waals surface area contributed by atoms with Gasteiger partial charge in [0.2, 0.25) is 0 Å². The van der Waals surface area contributed by atoms with E-state index in [0.29, 0.717) is 11.3 Å². The Balaban J connectivity index is 1.54. The molecule has 0 saturated heterocycles. The molecule has 1 heterocycles. The van der Waals surface area contributed by atoms with Crippen molar-refractivity contribution in [3.8, 4) is 0 Å². The van der Waals surface area contributed by atoms with E-state index in [1.54, 1.807) is 31.3 Å². The minimum Gasteiger partial charge on any atom is -0.350 e. The summed E-state index contributed by atoms with van der Waals surface area (Å²) in [5, 5.41) is 2.91. The number of imide groups is 1. The van der Waals surface area contributed by atoms with E-state index in [-0.39, 0.29) is 37.4 Å². The molecule has 0 radical (unpaired) electrons. The van der Waals surface area contributed by atoms with Crippen LogP contribution in [0.5, 0.6) is 0 Å². The first-order chi connectivity index (χ1) is 16.2. The summed E-state index contributed by atoms with van der Waals surface area (Å²) in [5.74, 6) is -1.67. The SMILES string of the molecule is CN(C(=O)c1ccc(NC2=C(Cl)C(=O)N(c3cc(Cl)c(Cl)cc3Cl)C2=O)cc1)c1ccccc1. The molecule has 34 heavy (non-hydrogen) atoms. The standard InChI is InChI=1S/C24H15Cl4N3O3/c1-30(15-5-3-2-4-6-15)22(32)13-7-9-14(10-8-13)29-21-20(28)23(33)31(24(21)34)19-12-17(26)16(25)11-18(19)27/h2-12,29H,1H3. The smallest absolute Gasteiger partial charge is 0.283 e. The Bertz CT molecular complexity index is 1340. The number of halogens is 4. The number of anilines is 3. The third-order valence-electron chi connectivity index (χ3n) is 5.11. The molecule has 0 spiro atoms. The van der Waals surface area contributed by atoms with Gasteiger partial charge in [0.05, 0.1) is 20.8 Å². The van der Waals surface area contributed by atoms with Crippen LogP contribution >= 0.6 is 46.4 Å². The van der Waals surface area contributed by atoms with Crippen LogP contribution in [0.4, 0.5) is 17.1 Å². The number of hydrogen-bond acceptors (Lipinski definition) is 4. The van der Waals surface area contributed by atoms with Gasteiger partial charge in [0.15, 0.2) is 0 Å². The molecule has 1 aliphatic heterocycles. The zero-order chi connectivity index (χ0) is 24.6. The molecule has 0 atom stereocenters. The van der Waals surface area contributed by atoms with Gasteiger partial charge in [-0.05, 0) is 48.5 Å². The maximum absolute atomic E-state index is 13.0. The summed E-state index contributed by atoms with van der Waals surface area (Å²) in [5.41, 5.74) is 1.58. The summed E-state index contributed by atoms with van der Waals surface area (Å²) in [4.78, 5) is 40.8. The van der Waals surface area contributed by atoms with E-state index in [9.17, 15) is 14.4 Å². The van der Waals surface area contributed by atoms with Gasteiger partial charge >= 0.3 is 0 Å². The van der Waals surface area contributed by atoms with E-state index in [2.05, 4.69) is 5.32 Å². The van der Waals surface area contributed by atoms with Crippen molar-refractivity contribution in [2.45, 2.75) is 0 Å². The monoisotopic (exact) mass is 533 g/mol. The van der Waals surface area contributed by atoms with E-state index in [1.807, 2.05) is 30.3 Å². The van der Waals surface area contributed by atoms with Crippen molar-refractivity contribution in [2.75, 3.05) is 22.2 Å². The highest BCUT2D eigenvalue weighted by atomic mass is 35.5. The minimum atomic E-state index is -0.759. The Kier molecular flexibility index (Phi) is 6.86.